The minimum atomic E-state index is -1.51. The van der Waals surface area contributed by atoms with Gasteiger partial charge in [-0.05, 0) is 47.9 Å². The van der Waals surface area contributed by atoms with Gasteiger partial charge < -0.3 is 34.4 Å². The summed E-state index contributed by atoms with van der Waals surface area (Å²) >= 11 is 0. The molecule has 4 aromatic rings. The van der Waals surface area contributed by atoms with Crippen LogP contribution < -0.4 is 15.4 Å². The molecule has 7 rings (SSSR count). The number of para-hydroxylation sites is 1. The molecule has 1 spiro atoms. The zero-order chi connectivity index (χ0) is 33.3. The summed E-state index contributed by atoms with van der Waals surface area (Å²) in [6.07, 6.45) is 1.43. The Kier molecular flexibility index (Phi) is 7.32. The molecule has 2 aromatic heterocycles. The molecule has 0 aliphatic carbocycles. The molecule has 3 aliphatic heterocycles. The molecular formula is C36H40N4O7. The molecule has 11 nitrogen and oxygen atoms in total. The second kappa shape index (κ2) is 11.1. The molecule has 2 aromatic carbocycles. The molecule has 0 fully saturated rings. The summed E-state index contributed by atoms with van der Waals surface area (Å²) in [6, 6.07) is 13.0. The lowest BCUT2D eigenvalue weighted by molar-refractivity contribution is -0.142. The van der Waals surface area contributed by atoms with Gasteiger partial charge in [-0.15, -0.1) is 0 Å². The highest BCUT2D eigenvalue weighted by Gasteiger charge is 2.61. The van der Waals surface area contributed by atoms with Crippen LogP contribution in [0.25, 0.3) is 11.6 Å². The topological polar surface area (TPSA) is 160 Å². The molecule has 0 radical (unpaired) electrons. The smallest absolute Gasteiger partial charge is 0.249 e. The number of carbonyl (C=O) groups excluding carboxylic acids is 2. The van der Waals surface area contributed by atoms with Crippen molar-refractivity contribution in [2.45, 2.75) is 90.2 Å². The zero-order valence-electron chi connectivity index (χ0n) is 27.2. The van der Waals surface area contributed by atoms with Crippen molar-refractivity contribution in [3.8, 4) is 17.3 Å². The summed E-state index contributed by atoms with van der Waals surface area (Å²) in [7, 11) is 0. The minimum Gasteiger partial charge on any atom is -0.469 e. The third kappa shape index (κ3) is 4.78. The van der Waals surface area contributed by atoms with Crippen LogP contribution in [0.5, 0.6) is 5.75 Å². The molecule has 0 saturated heterocycles. The number of aliphatic hydroxyl groups is 2. The molecule has 4 N–H and O–H groups in total. The average Bonchev–Trinajstić information content (AvgIpc) is 3.82. The van der Waals surface area contributed by atoms with Crippen LogP contribution in [-0.4, -0.2) is 43.7 Å². The van der Waals surface area contributed by atoms with Gasteiger partial charge in [0.2, 0.25) is 17.7 Å². The number of fused-ring (bicyclic) bond motifs is 4. The van der Waals surface area contributed by atoms with Gasteiger partial charge in [0.05, 0.1) is 6.61 Å². The zero-order valence-corrected chi connectivity index (χ0v) is 27.2. The van der Waals surface area contributed by atoms with E-state index in [0.717, 1.165) is 22.4 Å². The van der Waals surface area contributed by atoms with Crippen molar-refractivity contribution in [2.24, 2.45) is 11.3 Å². The van der Waals surface area contributed by atoms with Crippen LogP contribution in [0, 0.1) is 11.3 Å². The second-order valence-corrected chi connectivity index (χ2v) is 13.9. The molecule has 5 heterocycles. The van der Waals surface area contributed by atoms with Gasteiger partial charge in [0.25, 0.3) is 0 Å². The Morgan fingerprint density at radius 1 is 1.06 bits per heavy atom. The van der Waals surface area contributed by atoms with Crippen molar-refractivity contribution in [1.82, 2.24) is 15.3 Å². The average molecular weight is 641 g/mol. The maximum atomic E-state index is 14.2. The molecule has 246 valence electrons. The van der Waals surface area contributed by atoms with E-state index in [9.17, 15) is 19.8 Å². The first-order chi connectivity index (χ1) is 22.4. The first-order valence-electron chi connectivity index (χ1n) is 16.2. The quantitative estimate of drug-likeness (QED) is 0.212. The first-order valence-corrected chi connectivity index (χ1v) is 16.2. The van der Waals surface area contributed by atoms with E-state index in [1.54, 1.807) is 13.8 Å². The summed E-state index contributed by atoms with van der Waals surface area (Å²) in [6.45, 7) is 9.16. The maximum absolute atomic E-state index is 14.2. The fourth-order valence-electron chi connectivity index (χ4n) is 7.22. The number of rotatable bonds is 7. The largest absolute Gasteiger partial charge is 0.469 e. The van der Waals surface area contributed by atoms with Gasteiger partial charge in [-0.25, -0.2) is 9.97 Å². The van der Waals surface area contributed by atoms with Gasteiger partial charge in [-0.3, -0.25) is 9.59 Å². The Morgan fingerprint density at radius 2 is 1.83 bits per heavy atom. The molecule has 4 bridgehead atoms. The Bertz CT molecular complexity index is 1870. The molecule has 3 aliphatic rings. The number of ketones is 1. The number of amides is 1. The van der Waals surface area contributed by atoms with E-state index in [-0.39, 0.29) is 55.8 Å². The van der Waals surface area contributed by atoms with Crippen molar-refractivity contribution >= 4 is 17.4 Å². The van der Waals surface area contributed by atoms with Crippen LogP contribution in [0.2, 0.25) is 0 Å². The van der Waals surface area contributed by atoms with E-state index < -0.39 is 34.6 Å². The Morgan fingerprint density at radius 3 is 2.53 bits per heavy atom. The minimum absolute atomic E-state index is 0.130. The van der Waals surface area contributed by atoms with Crippen molar-refractivity contribution in [3.63, 3.8) is 0 Å². The number of nitrogens with zero attached hydrogens (tertiary/aromatic N) is 2. The third-order valence-corrected chi connectivity index (χ3v) is 10.0. The van der Waals surface area contributed by atoms with E-state index >= 15 is 0 Å². The normalized spacial score (nSPS) is 23.1. The fraction of sp³-hybridized carbons (Fsp3) is 0.444. The van der Waals surface area contributed by atoms with Crippen molar-refractivity contribution in [1.29, 1.82) is 0 Å². The number of Topliss-reactive ketones (excluding diaryl/α,β-unsaturated/α-hetero) is 1. The SMILES string of the molecule is CCC(O)(CC)C(=O)CC1Cc2ccc3c(c2)[C@@]2(c4ccccc4NC2O3)c2oc(nc2-c2nc(CO)co2)[C@H](C(C)(C)C)NC1=O. The number of anilines is 1. The van der Waals surface area contributed by atoms with Crippen molar-refractivity contribution in [2.75, 3.05) is 5.32 Å². The molecule has 2 unspecified atom stereocenters. The highest BCUT2D eigenvalue weighted by Crippen LogP contribution is 2.59. The van der Waals surface area contributed by atoms with Crippen molar-refractivity contribution in [3.05, 3.63) is 82.8 Å². The highest BCUT2D eigenvalue weighted by molar-refractivity contribution is 5.92. The van der Waals surface area contributed by atoms with E-state index in [1.807, 2.05) is 63.2 Å². The van der Waals surface area contributed by atoms with Crippen LogP contribution in [0.1, 0.15) is 94.0 Å². The van der Waals surface area contributed by atoms with Crippen LogP contribution in [0.4, 0.5) is 5.69 Å². The third-order valence-electron chi connectivity index (χ3n) is 10.0. The van der Waals surface area contributed by atoms with Gasteiger partial charge in [0, 0.05) is 23.6 Å². The van der Waals surface area contributed by atoms with Crippen molar-refractivity contribution < 1.29 is 33.4 Å². The van der Waals surface area contributed by atoms with Crippen LogP contribution >= 0.6 is 0 Å². The molecular weight excluding hydrogens is 600 g/mol. The molecule has 47 heavy (non-hydrogen) atoms. The predicted octanol–water partition coefficient (Wildman–Crippen LogP) is 5.19. The van der Waals surface area contributed by atoms with Gasteiger partial charge in [0.15, 0.2) is 23.5 Å². The lowest BCUT2D eigenvalue weighted by Gasteiger charge is -2.32. The molecule has 0 saturated carbocycles. The Hall–Kier alpha value is -4.48. The summed E-state index contributed by atoms with van der Waals surface area (Å²) in [5.74, 6) is 0.00458. The molecule has 4 atom stereocenters. The number of ether oxygens (including phenoxy) is 1. The summed E-state index contributed by atoms with van der Waals surface area (Å²) in [5, 5.41) is 27.6. The van der Waals surface area contributed by atoms with E-state index in [2.05, 4.69) is 15.6 Å². The number of aliphatic hydroxyl groups excluding tert-OH is 1. The maximum Gasteiger partial charge on any atom is 0.249 e. The standard InChI is InChI=1S/C36H40N4O7/c1-6-35(44,7-2)26(42)16-20-14-19-12-13-25-23(15-19)36(22-10-8-9-11-24(22)38-33(36)46-25)29-27(31-37-21(17-41)18-45-31)39-32(47-29)28(34(3,4)5)40-30(20)43/h8-13,15,18,20,28,33,38,41,44H,6-7,14,16-17H2,1-5H3,(H,40,43)/t20?,28-,33?,36+/m1/s1. The monoisotopic (exact) mass is 640 g/mol. The predicted molar refractivity (Wildman–Crippen MR) is 171 cm³/mol. The fourth-order valence-corrected chi connectivity index (χ4v) is 7.22. The Labute approximate surface area is 272 Å². The van der Waals surface area contributed by atoms with E-state index in [4.69, 9.17) is 18.6 Å². The van der Waals surface area contributed by atoms with Gasteiger partial charge in [-0.1, -0.05) is 65.0 Å². The van der Waals surface area contributed by atoms with Gasteiger partial charge in [0.1, 0.15) is 34.8 Å². The number of oxazole rings is 2. The Balaban J connectivity index is 1.49. The highest BCUT2D eigenvalue weighted by atomic mass is 16.5. The summed E-state index contributed by atoms with van der Waals surface area (Å²) in [5.41, 5.74) is 0.971. The van der Waals surface area contributed by atoms with Crippen LogP contribution in [0.3, 0.4) is 0 Å². The number of hydrogen-bond acceptors (Lipinski definition) is 10. The number of benzene rings is 2. The van der Waals surface area contributed by atoms with E-state index in [1.165, 1.54) is 6.26 Å². The second-order valence-electron chi connectivity index (χ2n) is 13.9. The summed E-state index contributed by atoms with van der Waals surface area (Å²) in [4.78, 5) is 37.2. The first kappa shape index (κ1) is 31.1. The molecule has 11 heteroatoms. The lowest BCUT2D eigenvalue weighted by Crippen LogP contribution is -2.44. The van der Waals surface area contributed by atoms with Crippen LogP contribution in [0.15, 0.2) is 57.6 Å². The lowest BCUT2D eigenvalue weighted by atomic mass is 9.72. The number of aromatic nitrogens is 2. The van der Waals surface area contributed by atoms with Gasteiger partial charge in [-0.2, -0.15) is 0 Å². The molecule has 1 amide bonds. The van der Waals surface area contributed by atoms with Crippen LogP contribution in [-0.2, 0) is 28.0 Å². The number of carbonyl (C=O) groups is 2. The van der Waals surface area contributed by atoms with E-state index in [0.29, 0.717) is 22.9 Å². The van der Waals surface area contributed by atoms with Gasteiger partial charge >= 0.3 is 0 Å². The summed E-state index contributed by atoms with van der Waals surface area (Å²) < 4.78 is 19.3. The number of hydrogen-bond donors (Lipinski definition) is 4. The number of nitrogens with one attached hydrogen (secondary N) is 2.